The van der Waals surface area contributed by atoms with Gasteiger partial charge in [0.1, 0.15) is 5.75 Å². The minimum absolute atomic E-state index is 0. The highest BCUT2D eigenvalue weighted by Gasteiger charge is 2.21. The number of nitrogens with one attached hydrogen (secondary N) is 2. The van der Waals surface area contributed by atoms with Crippen LogP contribution in [0, 0.1) is 6.92 Å². The Labute approximate surface area is 195 Å². The summed E-state index contributed by atoms with van der Waals surface area (Å²) in [6, 6.07) is 7.07. The fourth-order valence-corrected chi connectivity index (χ4v) is 4.08. The zero-order chi connectivity index (χ0) is 20.8. The molecular formula is C20H25F2IN4O2S. The molecule has 30 heavy (non-hydrogen) atoms. The number of amides is 1. The molecular weight excluding hydrogens is 525 g/mol. The molecule has 0 aliphatic carbocycles. The Morgan fingerprint density at radius 2 is 2.13 bits per heavy atom. The molecule has 1 aromatic carbocycles. The van der Waals surface area contributed by atoms with Crippen LogP contribution < -0.4 is 15.4 Å². The smallest absolute Gasteiger partial charge is 0.387 e. The molecule has 1 aromatic heterocycles. The van der Waals surface area contributed by atoms with E-state index >= 15 is 0 Å². The number of ether oxygens (including phenoxy) is 1. The molecule has 2 aromatic rings. The minimum Gasteiger partial charge on any atom is -0.434 e. The van der Waals surface area contributed by atoms with E-state index in [1.165, 1.54) is 16.5 Å². The van der Waals surface area contributed by atoms with Crippen LogP contribution >= 0.6 is 35.3 Å². The molecule has 0 saturated heterocycles. The number of halogens is 3. The highest BCUT2D eigenvalue weighted by molar-refractivity contribution is 14.0. The van der Waals surface area contributed by atoms with Crippen LogP contribution in [0.15, 0.2) is 34.6 Å². The fourth-order valence-electron chi connectivity index (χ4n) is 3.19. The third kappa shape index (κ3) is 6.53. The summed E-state index contributed by atoms with van der Waals surface area (Å²) in [6.45, 7) is 0.659. The van der Waals surface area contributed by atoms with E-state index in [1.807, 2.05) is 11.8 Å². The van der Waals surface area contributed by atoms with Gasteiger partial charge >= 0.3 is 6.61 Å². The second kappa shape index (κ2) is 11.4. The molecule has 0 spiro atoms. The summed E-state index contributed by atoms with van der Waals surface area (Å²) in [6.07, 6.45) is 0.881. The first-order chi connectivity index (χ1) is 14.0. The number of carbonyl (C=O) groups is 1. The van der Waals surface area contributed by atoms with Crippen LogP contribution in [0.1, 0.15) is 21.6 Å². The maximum atomic E-state index is 12.6. The molecule has 0 radical (unpaired) electrons. The summed E-state index contributed by atoms with van der Waals surface area (Å²) in [4.78, 5) is 19.8. The first-order valence-corrected chi connectivity index (χ1v) is 10.2. The van der Waals surface area contributed by atoms with E-state index in [0.29, 0.717) is 24.6 Å². The number of hydrogen-bond acceptors (Lipinski definition) is 4. The zero-order valence-electron chi connectivity index (χ0n) is 16.8. The largest absolute Gasteiger partial charge is 0.434 e. The molecule has 1 aliphatic rings. The number of aryl methyl sites for hydroxylation is 1. The highest BCUT2D eigenvalue weighted by atomic mass is 127. The van der Waals surface area contributed by atoms with Crippen LogP contribution in [-0.4, -0.2) is 43.5 Å². The fraction of sp³-hybridized carbons (Fsp3) is 0.400. The predicted octanol–water partition coefficient (Wildman–Crippen LogP) is 3.53. The number of carbonyl (C=O) groups excluding carboxylic acids is 1. The van der Waals surface area contributed by atoms with E-state index < -0.39 is 6.61 Å². The third-order valence-corrected chi connectivity index (χ3v) is 5.69. The monoisotopic (exact) mass is 550 g/mol. The van der Waals surface area contributed by atoms with Crippen molar-refractivity contribution in [1.29, 1.82) is 0 Å². The zero-order valence-corrected chi connectivity index (χ0v) is 19.9. The molecule has 10 heteroatoms. The summed E-state index contributed by atoms with van der Waals surface area (Å²) >= 11 is 1.73. The number of rotatable bonds is 6. The topological polar surface area (TPSA) is 66.0 Å². The van der Waals surface area contributed by atoms with Crippen molar-refractivity contribution in [3.8, 4) is 5.75 Å². The highest BCUT2D eigenvalue weighted by Crippen LogP contribution is 2.24. The standard InChI is InChI=1S/C20H24F2N4O2S.HI/c1-13-3-4-16(28-19(21)22)15(9-13)10-24-20(23-2)25-11-18(27)26-7-5-17-14(12-26)6-8-29-17;/h3-4,6,8-9,19H,5,7,10-12H2,1-2H3,(H2,23,24,25);1H. The van der Waals surface area contributed by atoms with Crippen LogP contribution in [-0.2, 0) is 24.3 Å². The molecule has 0 bridgehead atoms. The molecule has 1 aliphatic heterocycles. The summed E-state index contributed by atoms with van der Waals surface area (Å²) in [5.74, 6) is 0.516. The molecule has 2 heterocycles. The van der Waals surface area contributed by atoms with Crippen molar-refractivity contribution in [3.05, 3.63) is 51.2 Å². The van der Waals surface area contributed by atoms with Gasteiger partial charge in [-0.1, -0.05) is 17.7 Å². The quantitative estimate of drug-likeness (QED) is 0.328. The maximum absolute atomic E-state index is 12.6. The van der Waals surface area contributed by atoms with Crippen molar-refractivity contribution in [2.24, 2.45) is 4.99 Å². The number of alkyl halides is 2. The van der Waals surface area contributed by atoms with E-state index in [1.54, 1.807) is 30.5 Å². The average Bonchev–Trinajstić information content (AvgIpc) is 3.17. The Morgan fingerprint density at radius 3 is 2.87 bits per heavy atom. The summed E-state index contributed by atoms with van der Waals surface area (Å²) < 4.78 is 29.8. The van der Waals surface area contributed by atoms with Gasteiger partial charge in [0, 0.05) is 37.1 Å². The van der Waals surface area contributed by atoms with Crippen molar-refractivity contribution in [2.75, 3.05) is 20.1 Å². The van der Waals surface area contributed by atoms with Crippen LogP contribution in [0.2, 0.25) is 0 Å². The molecule has 0 atom stereocenters. The predicted molar refractivity (Wildman–Crippen MR) is 125 cm³/mol. The Bertz CT molecular complexity index is 891. The van der Waals surface area contributed by atoms with E-state index in [0.717, 1.165) is 12.0 Å². The molecule has 1 amide bonds. The normalized spacial score (nSPS) is 13.5. The Morgan fingerprint density at radius 1 is 1.33 bits per heavy atom. The van der Waals surface area contributed by atoms with Gasteiger partial charge in [0.05, 0.1) is 6.54 Å². The molecule has 2 N–H and O–H groups in total. The van der Waals surface area contributed by atoms with Gasteiger partial charge in [-0.15, -0.1) is 35.3 Å². The van der Waals surface area contributed by atoms with Gasteiger partial charge in [-0.2, -0.15) is 8.78 Å². The summed E-state index contributed by atoms with van der Waals surface area (Å²) in [5, 5.41) is 8.09. The molecule has 0 unspecified atom stereocenters. The lowest BCUT2D eigenvalue weighted by Gasteiger charge is -2.27. The van der Waals surface area contributed by atoms with Crippen LogP contribution in [0.5, 0.6) is 5.75 Å². The van der Waals surface area contributed by atoms with Gasteiger partial charge in [0.2, 0.25) is 5.91 Å². The van der Waals surface area contributed by atoms with Gasteiger partial charge in [0.25, 0.3) is 0 Å². The second-order valence-corrected chi connectivity index (χ2v) is 7.70. The summed E-state index contributed by atoms with van der Waals surface area (Å²) in [7, 11) is 1.59. The van der Waals surface area contributed by atoms with Gasteiger partial charge < -0.3 is 20.3 Å². The van der Waals surface area contributed by atoms with Crippen molar-refractivity contribution in [3.63, 3.8) is 0 Å². The first kappa shape index (κ1) is 24.3. The van der Waals surface area contributed by atoms with Crippen molar-refractivity contribution < 1.29 is 18.3 Å². The van der Waals surface area contributed by atoms with Gasteiger partial charge in [-0.25, -0.2) is 0 Å². The Kier molecular flexibility index (Phi) is 9.28. The van der Waals surface area contributed by atoms with Gasteiger partial charge in [0.15, 0.2) is 5.96 Å². The number of nitrogens with zero attached hydrogens (tertiary/aromatic N) is 2. The van der Waals surface area contributed by atoms with E-state index in [4.69, 9.17) is 0 Å². The molecule has 3 rings (SSSR count). The number of fused-ring (bicyclic) bond motifs is 1. The SMILES string of the molecule is CN=C(NCC(=O)N1CCc2sccc2C1)NCc1cc(C)ccc1OC(F)F.I. The first-order valence-electron chi connectivity index (χ1n) is 9.28. The third-order valence-electron chi connectivity index (χ3n) is 4.67. The van der Waals surface area contributed by atoms with Crippen molar-refractivity contribution in [1.82, 2.24) is 15.5 Å². The van der Waals surface area contributed by atoms with E-state index in [9.17, 15) is 13.6 Å². The van der Waals surface area contributed by atoms with Crippen LogP contribution in [0.25, 0.3) is 0 Å². The van der Waals surface area contributed by atoms with Crippen molar-refractivity contribution >= 4 is 47.2 Å². The van der Waals surface area contributed by atoms with Crippen molar-refractivity contribution in [2.45, 2.75) is 33.0 Å². The number of thiophene rings is 1. The lowest BCUT2D eigenvalue weighted by molar-refractivity contribution is -0.130. The molecule has 6 nitrogen and oxygen atoms in total. The number of benzene rings is 1. The Balaban J connectivity index is 0.00000320. The van der Waals surface area contributed by atoms with E-state index in [-0.39, 0.29) is 48.7 Å². The second-order valence-electron chi connectivity index (χ2n) is 6.70. The summed E-state index contributed by atoms with van der Waals surface area (Å²) in [5.41, 5.74) is 2.73. The minimum atomic E-state index is -2.89. The number of hydrogen-bond donors (Lipinski definition) is 2. The van der Waals surface area contributed by atoms with Crippen LogP contribution in [0.4, 0.5) is 8.78 Å². The number of guanidine groups is 1. The lowest BCUT2D eigenvalue weighted by atomic mass is 10.1. The average molecular weight is 550 g/mol. The molecule has 0 saturated carbocycles. The lowest BCUT2D eigenvalue weighted by Crippen LogP contribution is -2.45. The van der Waals surface area contributed by atoms with Crippen LogP contribution in [0.3, 0.4) is 0 Å². The molecule has 0 fully saturated rings. The Hall–Kier alpha value is -1.95. The molecule has 164 valence electrons. The number of aliphatic imine (C=N–C) groups is 1. The maximum Gasteiger partial charge on any atom is 0.387 e. The van der Waals surface area contributed by atoms with E-state index in [2.05, 4.69) is 31.8 Å². The van der Waals surface area contributed by atoms with Gasteiger partial charge in [-0.3, -0.25) is 9.79 Å². The van der Waals surface area contributed by atoms with Gasteiger partial charge in [-0.05, 0) is 36.4 Å².